The van der Waals surface area contributed by atoms with Crippen molar-refractivity contribution in [2.45, 2.75) is 31.7 Å². The quantitative estimate of drug-likeness (QED) is 0.378. The van der Waals surface area contributed by atoms with E-state index in [1.165, 1.54) is 11.1 Å². The van der Waals surface area contributed by atoms with E-state index in [1.807, 2.05) is 0 Å². The van der Waals surface area contributed by atoms with Crippen LogP contribution in [0.15, 0.2) is 91.0 Å². The number of imidazole rings is 1. The second kappa shape index (κ2) is 9.96. The normalized spacial score (nSPS) is 16.4. The summed E-state index contributed by atoms with van der Waals surface area (Å²) in [7, 11) is 0. The van der Waals surface area contributed by atoms with Crippen molar-refractivity contribution in [2.24, 2.45) is 0 Å². The van der Waals surface area contributed by atoms with Crippen LogP contribution >= 0.6 is 0 Å². The van der Waals surface area contributed by atoms with Crippen molar-refractivity contribution in [3.8, 4) is 11.4 Å². The lowest BCUT2D eigenvalue weighted by Crippen LogP contribution is -2.57. The van der Waals surface area contributed by atoms with Gasteiger partial charge in [0, 0.05) is 43.4 Å². The lowest BCUT2D eigenvalue weighted by Gasteiger charge is -2.50. The average Bonchev–Trinajstić information content (AvgIpc) is 3.31. The van der Waals surface area contributed by atoms with Crippen LogP contribution in [0.2, 0.25) is 0 Å². The van der Waals surface area contributed by atoms with E-state index in [1.54, 1.807) is 0 Å². The first-order valence-electron chi connectivity index (χ1n) is 12.4. The van der Waals surface area contributed by atoms with Crippen LogP contribution in [0.4, 0.5) is 0 Å². The number of aromatic nitrogens is 2. The highest BCUT2D eigenvalue weighted by Gasteiger charge is 2.48. The van der Waals surface area contributed by atoms with Gasteiger partial charge in [0.25, 0.3) is 0 Å². The molecule has 0 saturated carbocycles. The monoisotopic (exact) mass is 450 g/mol. The molecule has 0 aliphatic carbocycles. The molecule has 1 aromatic heterocycles. The zero-order chi connectivity index (χ0) is 23.4. The van der Waals surface area contributed by atoms with Gasteiger partial charge in [-0.15, -0.1) is 0 Å². The molecule has 4 nitrogen and oxygen atoms in total. The molecule has 0 bridgehead atoms. The number of piperazine rings is 1. The van der Waals surface area contributed by atoms with Gasteiger partial charge in [-0.3, -0.25) is 4.90 Å². The molecule has 0 amide bonds. The number of H-pyrrole nitrogens is 1. The number of aromatic amines is 1. The predicted molar refractivity (Wildman–Crippen MR) is 140 cm³/mol. The van der Waals surface area contributed by atoms with Gasteiger partial charge in [0.2, 0.25) is 0 Å². The van der Waals surface area contributed by atoms with Crippen molar-refractivity contribution < 1.29 is 0 Å². The van der Waals surface area contributed by atoms with Crippen LogP contribution < -0.4 is 5.32 Å². The van der Waals surface area contributed by atoms with Crippen LogP contribution in [0.3, 0.4) is 0 Å². The van der Waals surface area contributed by atoms with Crippen molar-refractivity contribution in [1.82, 2.24) is 20.2 Å². The maximum absolute atomic E-state index is 5.35. The fourth-order valence-electron chi connectivity index (χ4n) is 5.78. The van der Waals surface area contributed by atoms with E-state index in [2.05, 4.69) is 120 Å². The van der Waals surface area contributed by atoms with E-state index in [4.69, 9.17) is 4.98 Å². The van der Waals surface area contributed by atoms with Gasteiger partial charge in [-0.1, -0.05) is 97.9 Å². The van der Waals surface area contributed by atoms with Gasteiger partial charge in [-0.25, -0.2) is 4.98 Å². The minimum absolute atomic E-state index is 0.156. The summed E-state index contributed by atoms with van der Waals surface area (Å²) in [5.41, 5.74) is 5.82. The minimum atomic E-state index is -0.279. The number of nitrogens with zero attached hydrogens (tertiary/aromatic N) is 2. The van der Waals surface area contributed by atoms with Gasteiger partial charge in [0.05, 0.1) is 11.2 Å². The van der Waals surface area contributed by atoms with Crippen LogP contribution in [-0.2, 0) is 5.54 Å². The maximum Gasteiger partial charge on any atom is 0.137 e. The molecule has 1 aliphatic rings. The molecule has 34 heavy (non-hydrogen) atoms. The number of rotatable bonds is 7. The summed E-state index contributed by atoms with van der Waals surface area (Å²) >= 11 is 0. The van der Waals surface area contributed by atoms with Gasteiger partial charge in [0.15, 0.2) is 0 Å². The Kier molecular flexibility index (Phi) is 6.61. The van der Waals surface area contributed by atoms with E-state index >= 15 is 0 Å². The van der Waals surface area contributed by atoms with Gasteiger partial charge >= 0.3 is 0 Å². The SMILES string of the molecule is CCC(c1nc(-c2ccccc2)[nH]c1C)(C(c1ccccc1)c1ccccc1)N1CCNCC1. The fourth-order valence-corrected chi connectivity index (χ4v) is 5.78. The maximum atomic E-state index is 5.35. The largest absolute Gasteiger partial charge is 0.342 e. The zero-order valence-corrected chi connectivity index (χ0v) is 20.2. The van der Waals surface area contributed by atoms with Crippen LogP contribution in [0, 0.1) is 6.92 Å². The molecular formula is C30H34N4. The highest BCUT2D eigenvalue weighted by molar-refractivity contribution is 5.56. The Morgan fingerprint density at radius 2 is 1.35 bits per heavy atom. The Balaban J connectivity index is 1.76. The van der Waals surface area contributed by atoms with Crippen molar-refractivity contribution in [2.75, 3.05) is 26.2 Å². The first-order valence-corrected chi connectivity index (χ1v) is 12.4. The van der Waals surface area contributed by atoms with Gasteiger partial charge < -0.3 is 10.3 Å². The summed E-state index contributed by atoms with van der Waals surface area (Å²) in [6.45, 7) is 8.50. The second-order valence-electron chi connectivity index (χ2n) is 9.19. The first-order chi connectivity index (χ1) is 16.7. The summed E-state index contributed by atoms with van der Waals surface area (Å²) in [6.07, 6.45) is 0.960. The standard InChI is InChI=1S/C30H34N4/c1-3-30(34-21-19-31-20-22-34,28-23(2)32-29(33-28)26-17-11-6-12-18-26)27(24-13-7-4-8-14-24)25-15-9-5-10-16-25/h4-18,27,31H,3,19-22H2,1-2H3,(H,32,33). The molecule has 4 aromatic rings. The molecule has 1 atom stereocenters. The Bertz CT molecular complexity index is 1140. The molecule has 1 unspecified atom stereocenters. The number of hydrogen-bond donors (Lipinski definition) is 2. The van der Waals surface area contributed by atoms with Gasteiger partial charge in [-0.2, -0.15) is 0 Å². The zero-order valence-electron chi connectivity index (χ0n) is 20.2. The molecule has 1 saturated heterocycles. The summed E-state index contributed by atoms with van der Waals surface area (Å²) in [5, 5.41) is 3.56. The topological polar surface area (TPSA) is 44.0 Å². The third-order valence-corrected chi connectivity index (χ3v) is 7.31. The summed E-state index contributed by atoms with van der Waals surface area (Å²) in [4.78, 5) is 11.7. The third-order valence-electron chi connectivity index (χ3n) is 7.31. The molecule has 2 N–H and O–H groups in total. The lowest BCUT2D eigenvalue weighted by atomic mass is 9.69. The molecule has 1 fully saturated rings. The van der Waals surface area contributed by atoms with Gasteiger partial charge in [0.1, 0.15) is 5.82 Å². The molecule has 4 heteroatoms. The van der Waals surface area contributed by atoms with E-state index in [0.717, 1.165) is 55.4 Å². The van der Waals surface area contributed by atoms with E-state index in [-0.39, 0.29) is 11.5 Å². The van der Waals surface area contributed by atoms with E-state index in [9.17, 15) is 0 Å². The number of aryl methyl sites for hydroxylation is 1. The summed E-state index contributed by atoms with van der Waals surface area (Å²) in [6, 6.07) is 32.5. The van der Waals surface area contributed by atoms with E-state index in [0.29, 0.717) is 0 Å². The number of hydrogen-bond acceptors (Lipinski definition) is 3. The Hall–Kier alpha value is -3.21. The van der Waals surface area contributed by atoms with Crippen LogP contribution in [0.5, 0.6) is 0 Å². The second-order valence-corrected chi connectivity index (χ2v) is 9.19. The molecule has 3 aromatic carbocycles. The Morgan fingerprint density at radius 3 is 1.88 bits per heavy atom. The fraction of sp³-hybridized carbons (Fsp3) is 0.300. The van der Waals surface area contributed by atoms with Crippen LogP contribution in [0.25, 0.3) is 11.4 Å². The molecule has 174 valence electrons. The van der Waals surface area contributed by atoms with Gasteiger partial charge in [-0.05, 0) is 24.5 Å². The Morgan fingerprint density at radius 1 is 0.824 bits per heavy atom. The molecule has 0 spiro atoms. The first kappa shape index (κ1) is 22.6. The summed E-state index contributed by atoms with van der Waals surface area (Å²) < 4.78 is 0. The smallest absolute Gasteiger partial charge is 0.137 e. The van der Waals surface area contributed by atoms with E-state index < -0.39 is 0 Å². The lowest BCUT2D eigenvalue weighted by molar-refractivity contribution is 0.0472. The highest BCUT2D eigenvalue weighted by Crippen LogP contribution is 2.49. The minimum Gasteiger partial charge on any atom is -0.342 e. The molecule has 5 rings (SSSR count). The molecule has 1 aliphatic heterocycles. The van der Waals surface area contributed by atoms with Crippen molar-refractivity contribution in [3.63, 3.8) is 0 Å². The van der Waals surface area contributed by atoms with Crippen LogP contribution in [-0.4, -0.2) is 41.0 Å². The highest BCUT2D eigenvalue weighted by atomic mass is 15.3. The summed E-state index contributed by atoms with van der Waals surface area (Å²) in [5.74, 6) is 1.10. The van der Waals surface area contributed by atoms with Crippen molar-refractivity contribution in [3.05, 3.63) is 114 Å². The van der Waals surface area contributed by atoms with Crippen LogP contribution in [0.1, 0.15) is 41.8 Å². The predicted octanol–water partition coefficient (Wildman–Crippen LogP) is 5.73. The third kappa shape index (κ3) is 4.08. The molecular weight excluding hydrogens is 416 g/mol. The molecule has 2 heterocycles. The molecule has 0 radical (unpaired) electrons. The van der Waals surface area contributed by atoms with Crippen molar-refractivity contribution in [1.29, 1.82) is 0 Å². The number of benzene rings is 3. The van der Waals surface area contributed by atoms with Crippen molar-refractivity contribution >= 4 is 0 Å². The average molecular weight is 451 g/mol. The number of nitrogens with one attached hydrogen (secondary N) is 2. The Labute approximate surface area is 203 Å².